The van der Waals surface area contributed by atoms with Crippen LogP contribution in [0, 0.1) is 0 Å². The van der Waals surface area contributed by atoms with E-state index in [0.717, 1.165) is 23.4 Å². The maximum atomic E-state index is 12.5. The number of likely N-dealkylation sites (tertiary alicyclic amines) is 1. The molecule has 24 heavy (non-hydrogen) atoms. The molecular weight excluding hydrogens is 328 g/mol. The van der Waals surface area contributed by atoms with Crippen molar-refractivity contribution in [3.63, 3.8) is 0 Å². The zero-order chi connectivity index (χ0) is 17.1. The number of benzene rings is 1. The van der Waals surface area contributed by atoms with Crippen molar-refractivity contribution >= 4 is 17.2 Å². The molecular formula is C17H20N2O4S. The number of hydrogen-bond acceptors (Lipinski definition) is 6. The normalized spacial score (nSPS) is 17.6. The van der Waals surface area contributed by atoms with E-state index in [4.69, 9.17) is 9.47 Å². The van der Waals surface area contributed by atoms with E-state index in [1.807, 2.05) is 18.2 Å². The van der Waals surface area contributed by atoms with Crippen LogP contribution in [0.5, 0.6) is 11.5 Å². The number of carbonyl (C=O) groups excluding carboxylic acids is 1. The van der Waals surface area contributed by atoms with Gasteiger partial charge in [0.25, 0.3) is 5.91 Å². The molecule has 1 N–H and O–H groups in total. The van der Waals surface area contributed by atoms with Gasteiger partial charge in [-0.05, 0) is 31.0 Å². The van der Waals surface area contributed by atoms with Crippen LogP contribution in [0.15, 0.2) is 23.6 Å². The van der Waals surface area contributed by atoms with Gasteiger partial charge in [0.05, 0.1) is 20.3 Å². The van der Waals surface area contributed by atoms with E-state index in [1.165, 1.54) is 11.3 Å². The number of rotatable bonds is 4. The minimum absolute atomic E-state index is 0.128. The van der Waals surface area contributed by atoms with Crippen LogP contribution in [0.2, 0.25) is 0 Å². The van der Waals surface area contributed by atoms with Gasteiger partial charge in [-0.15, -0.1) is 11.3 Å². The molecule has 7 heteroatoms. The minimum Gasteiger partial charge on any atom is -0.493 e. The molecule has 2 aromatic rings. The van der Waals surface area contributed by atoms with E-state index in [0.29, 0.717) is 30.3 Å². The highest BCUT2D eigenvalue weighted by Crippen LogP contribution is 2.33. The van der Waals surface area contributed by atoms with Crippen LogP contribution in [-0.2, 0) is 0 Å². The second-order valence-corrected chi connectivity index (χ2v) is 6.51. The van der Waals surface area contributed by atoms with Crippen LogP contribution in [0.1, 0.15) is 23.3 Å². The van der Waals surface area contributed by atoms with Crippen molar-refractivity contribution in [2.75, 3.05) is 27.3 Å². The Morgan fingerprint density at radius 1 is 1.33 bits per heavy atom. The number of ether oxygens (including phenoxy) is 2. The topological polar surface area (TPSA) is 71.9 Å². The van der Waals surface area contributed by atoms with E-state index >= 15 is 0 Å². The summed E-state index contributed by atoms with van der Waals surface area (Å²) in [5.41, 5.74) is 1.29. The lowest BCUT2D eigenvalue weighted by molar-refractivity contribution is 0.0469. The van der Waals surface area contributed by atoms with Gasteiger partial charge in [-0.25, -0.2) is 4.98 Å². The van der Waals surface area contributed by atoms with Crippen LogP contribution in [-0.4, -0.2) is 54.3 Å². The molecule has 1 atom stereocenters. The van der Waals surface area contributed by atoms with Gasteiger partial charge >= 0.3 is 0 Å². The maximum Gasteiger partial charge on any atom is 0.273 e. The first kappa shape index (κ1) is 16.7. The number of β-amino-alcohol motifs (C(OH)–C–C–N with tert-alkyl or cyclic N) is 1. The molecule has 0 saturated carbocycles. The fourth-order valence-corrected chi connectivity index (χ4v) is 3.57. The third kappa shape index (κ3) is 3.37. The SMILES string of the molecule is COc1ccc(-c2nc(C(=O)N3CCC[C@H](O)C3)cs2)cc1OC. The summed E-state index contributed by atoms with van der Waals surface area (Å²) in [5, 5.41) is 12.2. The first-order chi connectivity index (χ1) is 11.6. The number of nitrogens with zero attached hydrogens (tertiary/aromatic N) is 2. The molecule has 1 aromatic carbocycles. The summed E-state index contributed by atoms with van der Waals surface area (Å²) in [6, 6.07) is 5.55. The summed E-state index contributed by atoms with van der Waals surface area (Å²) >= 11 is 1.41. The van der Waals surface area contributed by atoms with Crippen molar-refractivity contribution in [2.24, 2.45) is 0 Å². The zero-order valence-electron chi connectivity index (χ0n) is 13.7. The smallest absolute Gasteiger partial charge is 0.273 e. The lowest BCUT2D eigenvalue weighted by Crippen LogP contribution is -2.42. The summed E-state index contributed by atoms with van der Waals surface area (Å²) < 4.78 is 10.5. The Morgan fingerprint density at radius 2 is 2.12 bits per heavy atom. The van der Waals surface area contributed by atoms with E-state index in [9.17, 15) is 9.90 Å². The molecule has 2 heterocycles. The highest BCUT2D eigenvalue weighted by molar-refractivity contribution is 7.13. The molecule has 128 valence electrons. The number of aliphatic hydroxyl groups excluding tert-OH is 1. The monoisotopic (exact) mass is 348 g/mol. The van der Waals surface area contributed by atoms with E-state index < -0.39 is 6.10 Å². The molecule has 3 rings (SSSR count). The van der Waals surface area contributed by atoms with E-state index in [-0.39, 0.29) is 5.91 Å². The fraction of sp³-hybridized carbons (Fsp3) is 0.412. The number of carbonyl (C=O) groups is 1. The van der Waals surface area contributed by atoms with Crippen molar-refractivity contribution in [3.8, 4) is 22.1 Å². The van der Waals surface area contributed by atoms with Gasteiger partial charge in [-0.1, -0.05) is 0 Å². The number of hydrogen-bond donors (Lipinski definition) is 1. The average molecular weight is 348 g/mol. The van der Waals surface area contributed by atoms with Gasteiger partial charge in [0.2, 0.25) is 0 Å². The summed E-state index contributed by atoms with van der Waals surface area (Å²) in [6.07, 6.45) is 1.13. The molecule has 0 spiro atoms. The maximum absolute atomic E-state index is 12.5. The first-order valence-corrected chi connectivity index (χ1v) is 8.65. The van der Waals surface area contributed by atoms with Crippen LogP contribution >= 0.6 is 11.3 Å². The number of methoxy groups -OCH3 is 2. The molecule has 6 nitrogen and oxygen atoms in total. The van der Waals surface area contributed by atoms with Gasteiger partial charge in [0.1, 0.15) is 10.7 Å². The minimum atomic E-state index is -0.438. The predicted octanol–water partition coefficient (Wildman–Crippen LogP) is 2.42. The van der Waals surface area contributed by atoms with Gasteiger partial charge in [0, 0.05) is 24.0 Å². The van der Waals surface area contributed by atoms with E-state index in [1.54, 1.807) is 24.5 Å². The average Bonchev–Trinajstić information content (AvgIpc) is 3.10. The number of aromatic nitrogens is 1. The number of aliphatic hydroxyl groups is 1. The molecule has 1 aromatic heterocycles. The standard InChI is InChI=1S/C17H20N2O4S/c1-22-14-6-5-11(8-15(14)23-2)16-18-13(10-24-16)17(21)19-7-3-4-12(20)9-19/h5-6,8,10,12,20H,3-4,7,9H2,1-2H3/t12-/m0/s1. The molecule has 0 aliphatic carbocycles. The number of piperidine rings is 1. The third-order valence-electron chi connectivity index (χ3n) is 4.04. The highest BCUT2D eigenvalue weighted by atomic mass is 32.1. The zero-order valence-corrected chi connectivity index (χ0v) is 14.5. The van der Waals surface area contributed by atoms with Crippen molar-refractivity contribution in [1.29, 1.82) is 0 Å². The molecule has 1 amide bonds. The van der Waals surface area contributed by atoms with E-state index in [2.05, 4.69) is 4.98 Å². The predicted molar refractivity (Wildman–Crippen MR) is 91.8 cm³/mol. The second kappa shape index (κ2) is 7.19. The second-order valence-electron chi connectivity index (χ2n) is 5.65. The quantitative estimate of drug-likeness (QED) is 0.919. The molecule has 1 aliphatic rings. The summed E-state index contributed by atoms with van der Waals surface area (Å²) in [4.78, 5) is 18.7. The lowest BCUT2D eigenvalue weighted by Gasteiger charge is -2.29. The van der Waals surface area contributed by atoms with Gasteiger partial charge in [-0.3, -0.25) is 4.79 Å². The Morgan fingerprint density at radius 3 is 2.83 bits per heavy atom. The molecule has 0 unspecified atom stereocenters. The van der Waals surface area contributed by atoms with Gasteiger partial charge in [0.15, 0.2) is 11.5 Å². The van der Waals surface area contributed by atoms with Gasteiger partial charge < -0.3 is 19.5 Å². The number of amides is 1. The summed E-state index contributed by atoms with van der Waals surface area (Å²) in [5.74, 6) is 1.14. The number of thiazole rings is 1. The van der Waals surface area contributed by atoms with Crippen molar-refractivity contribution in [3.05, 3.63) is 29.3 Å². The van der Waals surface area contributed by atoms with Gasteiger partial charge in [-0.2, -0.15) is 0 Å². The fourth-order valence-electron chi connectivity index (χ4n) is 2.78. The molecule has 0 radical (unpaired) electrons. The van der Waals surface area contributed by atoms with Crippen molar-refractivity contribution < 1.29 is 19.4 Å². The van der Waals surface area contributed by atoms with Crippen LogP contribution in [0.3, 0.4) is 0 Å². The van der Waals surface area contributed by atoms with Crippen molar-refractivity contribution in [2.45, 2.75) is 18.9 Å². The molecule has 0 bridgehead atoms. The Bertz CT molecular complexity index is 731. The molecule has 1 saturated heterocycles. The van der Waals surface area contributed by atoms with Crippen LogP contribution < -0.4 is 9.47 Å². The first-order valence-electron chi connectivity index (χ1n) is 7.77. The largest absolute Gasteiger partial charge is 0.493 e. The molecule has 1 fully saturated rings. The summed E-state index contributed by atoms with van der Waals surface area (Å²) in [6.45, 7) is 1.04. The Hall–Kier alpha value is -2.12. The highest BCUT2D eigenvalue weighted by Gasteiger charge is 2.25. The van der Waals surface area contributed by atoms with Crippen molar-refractivity contribution in [1.82, 2.24) is 9.88 Å². The molecule has 1 aliphatic heterocycles. The van der Waals surface area contributed by atoms with Crippen LogP contribution in [0.25, 0.3) is 10.6 Å². The summed E-state index contributed by atoms with van der Waals surface area (Å²) in [7, 11) is 3.17. The van der Waals surface area contributed by atoms with Crippen LogP contribution in [0.4, 0.5) is 0 Å². The lowest BCUT2D eigenvalue weighted by atomic mass is 10.1. The third-order valence-corrected chi connectivity index (χ3v) is 4.93. The Labute approximate surface area is 144 Å². The Balaban J connectivity index is 1.81. The Kier molecular flexibility index (Phi) is 5.01.